The predicted molar refractivity (Wildman–Crippen MR) is 89.5 cm³/mol. The Balaban J connectivity index is 2.20. The predicted octanol–water partition coefficient (Wildman–Crippen LogP) is 2.80. The second-order valence-corrected chi connectivity index (χ2v) is 7.03. The van der Waals surface area contributed by atoms with Gasteiger partial charge in [0.25, 0.3) is 0 Å². The zero-order chi connectivity index (χ0) is 17.0. The van der Waals surface area contributed by atoms with Gasteiger partial charge in [0.1, 0.15) is 0 Å². The highest BCUT2D eigenvalue weighted by Crippen LogP contribution is 2.29. The summed E-state index contributed by atoms with van der Waals surface area (Å²) in [6.07, 6.45) is 0. The third-order valence-electron chi connectivity index (χ3n) is 3.70. The smallest absolute Gasteiger partial charge is 0.241 e. The summed E-state index contributed by atoms with van der Waals surface area (Å²) in [4.78, 5) is 0.138. The van der Waals surface area contributed by atoms with Crippen LogP contribution in [-0.4, -0.2) is 22.6 Å². The number of benzene rings is 2. The minimum Gasteiger partial charge on any atom is -0.493 e. The molecule has 2 aromatic rings. The zero-order valence-corrected chi connectivity index (χ0v) is 14.5. The molecule has 0 aliphatic rings. The fraction of sp³-hybridized carbons (Fsp3) is 0.294. The number of hydrogen-bond acceptors (Lipinski definition) is 4. The molecule has 0 atom stereocenters. The van der Waals surface area contributed by atoms with Crippen molar-refractivity contribution >= 4 is 10.0 Å². The van der Waals surface area contributed by atoms with Gasteiger partial charge in [-0.1, -0.05) is 18.2 Å². The van der Waals surface area contributed by atoms with Crippen LogP contribution in [0.1, 0.15) is 16.7 Å². The quantitative estimate of drug-likeness (QED) is 0.882. The highest BCUT2D eigenvalue weighted by molar-refractivity contribution is 7.89. The minimum absolute atomic E-state index is 0.138. The molecule has 23 heavy (non-hydrogen) atoms. The monoisotopic (exact) mass is 335 g/mol. The topological polar surface area (TPSA) is 64.6 Å². The molecular formula is C17H21NO4S. The van der Waals surface area contributed by atoms with Crippen LogP contribution in [0.5, 0.6) is 11.5 Å². The van der Waals surface area contributed by atoms with E-state index < -0.39 is 10.0 Å². The molecule has 0 heterocycles. The summed E-state index contributed by atoms with van der Waals surface area (Å²) in [5.41, 5.74) is 3.22. The largest absolute Gasteiger partial charge is 0.493 e. The van der Waals surface area contributed by atoms with Crippen LogP contribution in [0.25, 0.3) is 0 Å². The Morgan fingerprint density at radius 1 is 0.913 bits per heavy atom. The van der Waals surface area contributed by atoms with E-state index in [9.17, 15) is 8.42 Å². The summed E-state index contributed by atoms with van der Waals surface area (Å²) in [5.74, 6) is 0.863. The van der Waals surface area contributed by atoms with E-state index in [4.69, 9.17) is 9.47 Å². The van der Waals surface area contributed by atoms with Gasteiger partial charge in [-0.3, -0.25) is 0 Å². The van der Waals surface area contributed by atoms with Gasteiger partial charge in [-0.05, 0) is 42.7 Å². The van der Waals surface area contributed by atoms with Crippen LogP contribution in [0.2, 0.25) is 0 Å². The van der Waals surface area contributed by atoms with Crippen LogP contribution < -0.4 is 14.2 Å². The van der Waals surface area contributed by atoms with Gasteiger partial charge in [-0.2, -0.15) is 0 Å². The maximum absolute atomic E-state index is 12.4. The van der Waals surface area contributed by atoms with Gasteiger partial charge in [-0.25, -0.2) is 13.1 Å². The van der Waals surface area contributed by atoms with Crippen molar-refractivity contribution in [1.82, 2.24) is 4.72 Å². The van der Waals surface area contributed by atoms with Crippen molar-refractivity contribution in [2.75, 3.05) is 14.2 Å². The number of rotatable bonds is 6. The first kappa shape index (κ1) is 17.3. The molecule has 1 N–H and O–H groups in total. The maximum atomic E-state index is 12.4. The zero-order valence-electron chi connectivity index (χ0n) is 13.7. The third kappa shape index (κ3) is 4.03. The van der Waals surface area contributed by atoms with Crippen molar-refractivity contribution in [2.45, 2.75) is 25.3 Å². The normalized spacial score (nSPS) is 11.3. The molecule has 0 fully saturated rings. The molecule has 0 bridgehead atoms. The third-order valence-corrected chi connectivity index (χ3v) is 5.10. The van der Waals surface area contributed by atoms with Crippen LogP contribution in [-0.2, 0) is 16.6 Å². The Morgan fingerprint density at radius 2 is 1.61 bits per heavy atom. The Kier molecular flexibility index (Phi) is 5.28. The van der Waals surface area contributed by atoms with E-state index in [0.717, 1.165) is 11.1 Å². The van der Waals surface area contributed by atoms with Gasteiger partial charge in [-0.15, -0.1) is 0 Å². The number of hydrogen-bond donors (Lipinski definition) is 1. The van der Waals surface area contributed by atoms with E-state index in [-0.39, 0.29) is 11.4 Å². The summed E-state index contributed by atoms with van der Waals surface area (Å²) in [6.45, 7) is 4.26. The highest BCUT2D eigenvalue weighted by atomic mass is 32.2. The second kappa shape index (κ2) is 7.02. The molecule has 0 radical (unpaired) electrons. The van der Waals surface area contributed by atoms with Gasteiger partial charge in [0.2, 0.25) is 10.0 Å². The average molecular weight is 335 g/mol. The molecule has 2 aromatic carbocycles. The number of aryl methyl sites for hydroxylation is 2. The summed E-state index contributed by atoms with van der Waals surface area (Å²) in [6, 6.07) is 10.4. The van der Waals surface area contributed by atoms with Gasteiger partial charge in [0.15, 0.2) is 11.5 Å². The van der Waals surface area contributed by atoms with Crippen molar-refractivity contribution < 1.29 is 17.9 Å². The standard InChI is InChI=1S/C17H21NO4S/c1-12-5-6-14(9-13(12)2)11-18-23(19,20)15-7-8-16(21-3)17(10-15)22-4/h5-10,18H,11H2,1-4H3. The van der Waals surface area contributed by atoms with E-state index in [0.29, 0.717) is 11.5 Å². The summed E-state index contributed by atoms with van der Waals surface area (Å²) in [5, 5.41) is 0. The molecule has 2 rings (SSSR count). The molecule has 0 unspecified atom stereocenters. The lowest BCUT2D eigenvalue weighted by Crippen LogP contribution is -2.23. The van der Waals surface area contributed by atoms with E-state index in [1.165, 1.54) is 31.9 Å². The fourth-order valence-corrected chi connectivity index (χ4v) is 3.19. The number of methoxy groups -OCH3 is 2. The van der Waals surface area contributed by atoms with Gasteiger partial charge < -0.3 is 9.47 Å². The first-order valence-corrected chi connectivity index (χ1v) is 8.63. The van der Waals surface area contributed by atoms with Gasteiger partial charge in [0.05, 0.1) is 19.1 Å². The number of nitrogens with one attached hydrogen (secondary N) is 1. The molecule has 5 nitrogen and oxygen atoms in total. The Morgan fingerprint density at radius 3 is 2.22 bits per heavy atom. The molecule has 0 aliphatic carbocycles. The van der Waals surface area contributed by atoms with Crippen molar-refractivity contribution in [1.29, 1.82) is 0 Å². The van der Waals surface area contributed by atoms with Crippen molar-refractivity contribution in [3.8, 4) is 11.5 Å². The molecule has 124 valence electrons. The first-order chi connectivity index (χ1) is 10.9. The first-order valence-electron chi connectivity index (χ1n) is 7.15. The lowest BCUT2D eigenvalue weighted by atomic mass is 10.1. The van der Waals surface area contributed by atoms with E-state index in [1.807, 2.05) is 32.0 Å². The molecule has 0 amide bonds. The lowest BCUT2D eigenvalue weighted by molar-refractivity contribution is 0.354. The van der Waals surface area contributed by atoms with Crippen molar-refractivity contribution in [3.05, 3.63) is 53.1 Å². The van der Waals surface area contributed by atoms with E-state index >= 15 is 0 Å². The summed E-state index contributed by atoms with van der Waals surface area (Å²) in [7, 11) is -0.652. The number of ether oxygens (including phenoxy) is 2. The van der Waals surface area contributed by atoms with Crippen LogP contribution in [0.4, 0.5) is 0 Å². The molecule has 6 heteroatoms. The van der Waals surface area contributed by atoms with Crippen LogP contribution in [0.3, 0.4) is 0 Å². The Bertz CT molecular complexity index is 800. The van der Waals surface area contributed by atoms with Crippen LogP contribution >= 0.6 is 0 Å². The molecular weight excluding hydrogens is 314 g/mol. The van der Waals surface area contributed by atoms with Crippen molar-refractivity contribution in [3.63, 3.8) is 0 Å². The molecule has 0 saturated heterocycles. The number of sulfonamides is 1. The van der Waals surface area contributed by atoms with E-state index in [2.05, 4.69) is 4.72 Å². The van der Waals surface area contributed by atoms with Gasteiger partial charge in [0, 0.05) is 12.6 Å². The van der Waals surface area contributed by atoms with E-state index in [1.54, 1.807) is 6.07 Å². The molecule has 0 aliphatic heterocycles. The maximum Gasteiger partial charge on any atom is 0.241 e. The average Bonchev–Trinajstić information content (AvgIpc) is 2.55. The fourth-order valence-electron chi connectivity index (χ4n) is 2.16. The van der Waals surface area contributed by atoms with Crippen molar-refractivity contribution in [2.24, 2.45) is 0 Å². The highest BCUT2D eigenvalue weighted by Gasteiger charge is 2.16. The summed E-state index contributed by atoms with van der Waals surface area (Å²) >= 11 is 0. The Labute approximate surface area is 137 Å². The lowest BCUT2D eigenvalue weighted by Gasteiger charge is -2.11. The van der Waals surface area contributed by atoms with Crippen LogP contribution in [0, 0.1) is 13.8 Å². The molecule has 0 spiro atoms. The SMILES string of the molecule is COc1ccc(S(=O)(=O)NCc2ccc(C)c(C)c2)cc1OC. The molecule has 0 saturated carbocycles. The minimum atomic E-state index is -3.62. The van der Waals surface area contributed by atoms with Crippen LogP contribution in [0.15, 0.2) is 41.3 Å². The Hall–Kier alpha value is -2.05. The molecule has 0 aromatic heterocycles. The second-order valence-electron chi connectivity index (χ2n) is 5.26. The summed E-state index contributed by atoms with van der Waals surface area (Å²) < 4.78 is 37.7. The van der Waals surface area contributed by atoms with Gasteiger partial charge >= 0.3 is 0 Å².